The molecular weight excluding hydrogens is 256 g/mol. The van der Waals surface area contributed by atoms with Crippen LogP contribution in [0, 0.1) is 0 Å². The molecule has 2 rings (SSSR count). The van der Waals surface area contributed by atoms with Gasteiger partial charge in [-0.05, 0) is 30.4 Å². The lowest BCUT2D eigenvalue weighted by atomic mass is 10.1. The molecule has 1 aliphatic rings. The zero-order valence-corrected chi connectivity index (χ0v) is 12.3. The molecule has 19 heavy (non-hydrogen) atoms. The van der Waals surface area contributed by atoms with Crippen molar-refractivity contribution in [2.24, 2.45) is 10.7 Å². The molecule has 2 heterocycles. The molecule has 0 bridgehead atoms. The summed E-state index contributed by atoms with van der Waals surface area (Å²) in [5.41, 5.74) is 8.28. The van der Waals surface area contributed by atoms with Crippen molar-refractivity contribution in [1.82, 2.24) is 10.2 Å². The molecular formula is C14H22N4S. The predicted octanol–water partition coefficient (Wildman–Crippen LogP) is 1.59. The molecule has 0 amide bonds. The molecule has 3 N–H and O–H groups in total. The molecule has 4 nitrogen and oxygen atoms in total. The number of rotatable bonds is 5. The van der Waals surface area contributed by atoms with Gasteiger partial charge in [-0.15, -0.1) is 11.3 Å². The zero-order valence-electron chi connectivity index (χ0n) is 11.5. The Balaban J connectivity index is 1.70. The van der Waals surface area contributed by atoms with E-state index in [2.05, 4.69) is 33.2 Å². The molecule has 1 aromatic rings. The first-order chi connectivity index (χ1) is 9.15. The minimum Gasteiger partial charge on any atom is -0.370 e. The third kappa shape index (κ3) is 4.36. The maximum absolute atomic E-state index is 5.78. The molecule has 0 aromatic carbocycles. The van der Waals surface area contributed by atoms with Crippen LogP contribution in [0.1, 0.15) is 17.4 Å². The maximum atomic E-state index is 5.78. The quantitative estimate of drug-likeness (QED) is 0.488. The van der Waals surface area contributed by atoms with Crippen LogP contribution in [-0.2, 0) is 13.0 Å². The van der Waals surface area contributed by atoms with Gasteiger partial charge >= 0.3 is 0 Å². The fraction of sp³-hybridized carbons (Fsp3) is 0.500. The summed E-state index contributed by atoms with van der Waals surface area (Å²) in [4.78, 5) is 8.20. The number of nitrogens with two attached hydrogens (primary N) is 1. The molecule has 0 fully saturated rings. The molecule has 0 saturated carbocycles. The second kappa shape index (κ2) is 6.73. The van der Waals surface area contributed by atoms with E-state index in [0.717, 1.165) is 31.8 Å². The first-order valence-electron chi connectivity index (χ1n) is 6.61. The van der Waals surface area contributed by atoms with Crippen LogP contribution in [0.25, 0.3) is 0 Å². The van der Waals surface area contributed by atoms with E-state index in [9.17, 15) is 0 Å². The van der Waals surface area contributed by atoms with Gasteiger partial charge < -0.3 is 11.1 Å². The van der Waals surface area contributed by atoms with Crippen LogP contribution in [0.15, 0.2) is 28.6 Å². The second-order valence-electron chi connectivity index (χ2n) is 4.98. The summed E-state index contributed by atoms with van der Waals surface area (Å²) >= 11 is 1.88. The van der Waals surface area contributed by atoms with Gasteiger partial charge in [-0.25, -0.2) is 4.99 Å². The summed E-state index contributed by atoms with van der Waals surface area (Å²) in [5.74, 6) is 0.510. The summed E-state index contributed by atoms with van der Waals surface area (Å²) in [6.45, 7) is 10.4. The minimum absolute atomic E-state index is 0.510. The third-order valence-corrected chi connectivity index (χ3v) is 4.16. The molecule has 0 radical (unpaired) electrons. The minimum atomic E-state index is 0.510. The fourth-order valence-electron chi connectivity index (χ4n) is 2.12. The molecule has 0 atom stereocenters. The van der Waals surface area contributed by atoms with Crippen molar-refractivity contribution in [3.8, 4) is 0 Å². The van der Waals surface area contributed by atoms with Gasteiger partial charge in [0.2, 0.25) is 0 Å². The highest BCUT2D eigenvalue weighted by Gasteiger charge is 2.16. The highest BCUT2D eigenvalue weighted by molar-refractivity contribution is 7.10. The molecule has 5 heteroatoms. The van der Waals surface area contributed by atoms with Crippen molar-refractivity contribution in [2.75, 3.05) is 26.2 Å². The van der Waals surface area contributed by atoms with Gasteiger partial charge in [0.15, 0.2) is 5.96 Å². The number of nitrogens with one attached hydrogen (secondary N) is 1. The fourth-order valence-corrected chi connectivity index (χ4v) is 3.01. The summed E-state index contributed by atoms with van der Waals surface area (Å²) < 4.78 is 0. The SMILES string of the molecule is C=C(C)CN=C(N)NCCN1CCc2sccc2C1. The van der Waals surface area contributed by atoms with E-state index in [-0.39, 0.29) is 0 Å². The van der Waals surface area contributed by atoms with Gasteiger partial charge in [-0.1, -0.05) is 12.2 Å². The van der Waals surface area contributed by atoms with Crippen molar-refractivity contribution in [3.05, 3.63) is 34.0 Å². The normalized spacial score (nSPS) is 16.2. The van der Waals surface area contributed by atoms with Gasteiger partial charge in [0.1, 0.15) is 0 Å². The van der Waals surface area contributed by atoms with Gasteiger partial charge in [0, 0.05) is 31.1 Å². The first-order valence-corrected chi connectivity index (χ1v) is 7.49. The van der Waals surface area contributed by atoms with Crippen LogP contribution < -0.4 is 11.1 Å². The van der Waals surface area contributed by atoms with Gasteiger partial charge in [-0.3, -0.25) is 4.90 Å². The summed E-state index contributed by atoms with van der Waals surface area (Å²) in [6, 6.07) is 2.24. The highest BCUT2D eigenvalue weighted by atomic mass is 32.1. The second-order valence-corrected chi connectivity index (χ2v) is 5.98. The number of fused-ring (bicyclic) bond motifs is 1. The van der Waals surface area contributed by atoms with Crippen LogP contribution in [0.3, 0.4) is 0 Å². The lowest BCUT2D eigenvalue weighted by Crippen LogP contribution is -2.40. The summed E-state index contributed by atoms with van der Waals surface area (Å²) in [6.07, 6.45) is 1.17. The Bertz CT molecular complexity index is 464. The average Bonchev–Trinajstić information content (AvgIpc) is 2.83. The Morgan fingerprint density at radius 1 is 1.63 bits per heavy atom. The Morgan fingerprint density at radius 2 is 2.47 bits per heavy atom. The van der Waals surface area contributed by atoms with E-state index in [4.69, 9.17) is 5.73 Å². The Labute approximate surface area is 119 Å². The van der Waals surface area contributed by atoms with E-state index in [1.807, 2.05) is 18.3 Å². The first kappa shape index (κ1) is 14.1. The van der Waals surface area contributed by atoms with Crippen molar-refractivity contribution in [3.63, 3.8) is 0 Å². The highest BCUT2D eigenvalue weighted by Crippen LogP contribution is 2.23. The van der Waals surface area contributed by atoms with Crippen LogP contribution in [0.2, 0.25) is 0 Å². The molecule has 104 valence electrons. The van der Waals surface area contributed by atoms with Crippen LogP contribution >= 0.6 is 11.3 Å². The third-order valence-electron chi connectivity index (χ3n) is 3.14. The summed E-state index contributed by atoms with van der Waals surface area (Å²) in [5, 5.41) is 5.34. The monoisotopic (exact) mass is 278 g/mol. The number of guanidine groups is 1. The van der Waals surface area contributed by atoms with E-state index < -0.39 is 0 Å². The van der Waals surface area contributed by atoms with Crippen LogP contribution in [0.5, 0.6) is 0 Å². The number of hydrogen-bond donors (Lipinski definition) is 2. The van der Waals surface area contributed by atoms with Crippen LogP contribution in [0.4, 0.5) is 0 Å². The van der Waals surface area contributed by atoms with Crippen molar-refractivity contribution in [1.29, 1.82) is 0 Å². The number of nitrogens with zero attached hydrogens (tertiary/aromatic N) is 2. The number of hydrogen-bond acceptors (Lipinski definition) is 3. The zero-order chi connectivity index (χ0) is 13.7. The van der Waals surface area contributed by atoms with E-state index in [1.165, 1.54) is 12.0 Å². The molecule has 0 unspecified atom stereocenters. The molecule has 0 spiro atoms. The molecule has 0 aliphatic carbocycles. The van der Waals surface area contributed by atoms with Crippen LogP contribution in [-0.4, -0.2) is 37.0 Å². The lowest BCUT2D eigenvalue weighted by Gasteiger charge is -2.26. The summed E-state index contributed by atoms with van der Waals surface area (Å²) in [7, 11) is 0. The number of aliphatic imine (C=N–C) groups is 1. The Morgan fingerprint density at radius 3 is 3.26 bits per heavy atom. The van der Waals surface area contributed by atoms with Gasteiger partial charge in [0.05, 0.1) is 6.54 Å². The van der Waals surface area contributed by atoms with Crippen molar-refractivity contribution < 1.29 is 0 Å². The topological polar surface area (TPSA) is 53.6 Å². The average molecular weight is 278 g/mol. The standard InChI is InChI=1S/C14H22N4S/c1-11(2)9-17-14(15)16-5-7-18-6-3-13-12(10-18)4-8-19-13/h4,8H,1,3,5-7,9-10H2,2H3,(H3,15,16,17). The lowest BCUT2D eigenvalue weighted by molar-refractivity contribution is 0.260. The molecule has 1 aliphatic heterocycles. The van der Waals surface area contributed by atoms with E-state index >= 15 is 0 Å². The van der Waals surface area contributed by atoms with Gasteiger partial charge in [0.25, 0.3) is 0 Å². The molecule has 1 aromatic heterocycles. The largest absolute Gasteiger partial charge is 0.370 e. The Kier molecular flexibility index (Phi) is 4.99. The Hall–Kier alpha value is -1.33. The molecule has 0 saturated heterocycles. The number of thiophene rings is 1. The van der Waals surface area contributed by atoms with E-state index in [0.29, 0.717) is 12.5 Å². The van der Waals surface area contributed by atoms with Gasteiger partial charge in [-0.2, -0.15) is 0 Å². The smallest absolute Gasteiger partial charge is 0.188 e. The predicted molar refractivity (Wildman–Crippen MR) is 82.6 cm³/mol. The van der Waals surface area contributed by atoms with E-state index in [1.54, 1.807) is 4.88 Å². The maximum Gasteiger partial charge on any atom is 0.188 e. The van der Waals surface area contributed by atoms with Crippen molar-refractivity contribution >= 4 is 17.3 Å². The van der Waals surface area contributed by atoms with Crippen molar-refractivity contribution in [2.45, 2.75) is 19.9 Å².